The molecule has 1 amide bonds. The molecule has 3 aliphatic heterocycles. The summed E-state index contributed by atoms with van der Waals surface area (Å²) >= 11 is 14.0. The smallest absolute Gasteiger partial charge is 0.262 e. The molecule has 1 fully saturated rings. The summed E-state index contributed by atoms with van der Waals surface area (Å²) in [5.41, 5.74) is 2.68. The Morgan fingerprint density at radius 1 is 1.06 bits per heavy atom. The van der Waals surface area contributed by atoms with Gasteiger partial charge in [-0.25, -0.2) is 4.99 Å². The summed E-state index contributed by atoms with van der Waals surface area (Å²) in [4.78, 5) is 26.1. The maximum absolute atomic E-state index is 13.6. The Kier molecular flexibility index (Phi) is 6.45. The Hall–Kier alpha value is -1.99. The summed E-state index contributed by atoms with van der Waals surface area (Å²) < 4.78 is 0. The van der Waals surface area contributed by atoms with E-state index in [1.165, 1.54) is 11.8 Å². The van der Waals surface area contributed by atoms with Crippen molar-refractivity contribution in [1.82, 2.24) is 14.7 Å². The Bertz CT molecular complexity index is 1200. The van der Waals surface area contributed by atoms with Crippen LogP contribution >= 0.6 is 35.0 Å². The van der Waals surface area contributed by atoms with Crippen LogP contribution < -0.4 is 0 Å². The standard InChI is InChI=1S/C27H30Cl2N4OS/c1-16(2)22-23(25(34)32-14-21(15-32)31(4)5)35-26-30-27(3,18-8-12-20(29)13-9-18)24(33(22)26)17-6-10-19(28)11-7-17/h6-13,16,21,24H,14-15H2,1-5H3/t24-,27+/m1/s1. The Balaban J connectivity index is 1.58. The molecule has 1 saturated heterocycles. The first-order chi connectivity index (χ1) is 16.6. The van der Waals surface area contributed by atoms with Crippen LogP contribution in [0.15, 0.2) is 64.1 Å². The lowest BCUT2D eigenvalue weighted by atomic mass is 9.81. The summed E-state index contributed by atoms with van der Waals surface area (Å²) in [6.07, 6.45) is 0. The van der Waals surface area contributed by atoms with Crippen molar-refractivity contribution in [3.05, 3.63) is 80.3 Å². The second kappa shape index (κ2) is 9.15. The maximum Gasteiger partial charge on any atom is 0.262 e. The van der Waals surface area contributed by atoms with Crippen LogP contribution in [0.25, 0.3) is 0 Å². The SMILES string of the molecule is CC(C)C1=C(C(=O)N2CC(N(C)C)C2)SC2=N[C@@](C)(c3ccc(Cl)cc3)[C@@H](c3ccc(Cl)cc3)N21. The number of hydrogen-bond acceptors (Lipinski definition) is 5. The number of halogens is 2. The molecule has 0 bridgehead atoms. The van der Waals surface area contributed by atoms with E-state index in [0.717, 1.165) is 40.0 Å². The largest absolute Gasteiger partial charge is 0.335 e. The Morgan fingerprint density at radius 2 is 1.63 bits per heavy atom. The molecule has 2 aromatic carbocycles. The Labute approximate surface area is 221 Å². The predicted molar refractivity (Wildman–Crippen MR) is 146 cm³/mol. The average molecular weight is 530 g/mol. The minimum absolute atomic E-state index is 0.108. The Morgan fingerprint density at radius 3 is 2.17 bits per heavy atom. The first-order valence-electron chi connectivity index (χ1n) is 11.9. The van der Waals surface area contributed by atoms with Crippen molar-refractivity contribution in [1.29, 1.82) is 0 Å². The van der Waals surface area contributed by atoms with Gasteiger partial charge in [0.1, 0.15) is 10.4 Å². The van der Waals surface area contributed by atoms with Gasteiger partial charge >= 0.3 is 0 Å². The molecule has 35 heavy (non-hydrogen) atoms. The number of amidine groups is 1. The van der Waals surface area contributed by atoms with Gasteiger partial charge in [-0.1, -0.05) is 61.3 Å². The van der Waals surface area contributed by atoms with E-state index in [0.29, 0.717) is 16.1 Å². The van der Waals surface area contributed by atoms with Crippen molar-refractivity contribution in [2.24, 2.45) is 10.9 Å². The second-order valence-corrected chi connectivity index (χ2v) is 12.0. The first kappa shape index (κ1) is 24.7. The molecule has 8 heteroatoms. The van der Waals surface area contributed by atoms with Gasteiger partial charge in [0.25, 0.3) is 5.91 Å². The van der Waals surface area contributed by atoms with Crippen molar-refractivity contribution in [2.45, 2.75) is 38.4 Å². The van der Waals surface area contributed by atoms with Crippen molar-refractivity contribution >= 4 is 46.0 Å². The number of aliphatic imine (C=N–C) groups is 1. The molecular weight excluding hydrogens is 499 g/mol. The molecule has 0 radical (unpaired) electrons. The normalized spacial score (nSPS) is 24.4. The van der Waals surface area contributed by atoms with Gasteiger partial charge in [-0.15, -0.1) is 0 Å². The van der Waals surface area contributed by atoms with E-state index in [4.69, 9.17) is 28.2 Å². The van der Waals surface area contributed by atoms with E-state index < -0.39 is 5.54 Å². The molecule has 0 spiro atoms. The number of nitrogens with zero attached hydrogens (tertiary/aromatic N) is 4. The molecule has 3 aliphatic rings. The lowest BCUT2D eigenvalue weighted by Gasteiger charge is -2.43. The fourth-order valence-electron chi connectivity index (χ4n) is 5.16. The third-order valence-corrected chi connectivity index (χ3v) is 8.81. The summed E-state index contributed by atoms with van der Waals surface area (Å²) in [6, 6.07) is 16.2. The number of fused-ring (bicyclic) bond motifs is 1. The number of allylic oxidation sites excluding steroid dienone is 1. The molecule has 184 valence electrons. The van der Waals surface area contributed by atoms with E-state index in [1.807, 2.05) is 29.2 Å². The van der Waals surface area contributed by atoms with Crippen molar-refractivity contribution < 1.29 is 4.79 Å². The van der Waals surface area contributed by atoms with Gasteiger partial charge in [-0.05, 0) is 74.1 Å². The molecule has 2 aromatic rings. The first-order valence-corrected chi connectivity index (χ1v) is 13.5. The average Bonchev–Trinajstić information content (AvgIpc) is 3.26. The number of hydrogen-bond donors (Lipinski definition) is 0. The highest BCUT2D eigenvalue weighted by atomic mass is 35.5. The topological polar surface area (TPSA) is 39.2 Å². The number of amides is 1. The molecule has 5 rings (SSSR count). The summed E-state index contributed by atoms with van der Waals surface area (Å²) in [7, 11) is 4.13. The molecular formula is C27H30Cl2N4OS. The number of rotatable bonds is 5. The van der Waals surface area contributed by atoms with Crippen LogP contribution in [-0.4, -0.2) is 59.0 Å². The van der Waals surface area contributed by atoms with E-state index in [-0.39, 0.29) is 17.9 Å². The van der Waals surface area contributed by atoms with Gasteiger partial charge in [0.15, 0.2) is 5.17 Å². The molecule has 0 aliphatic carbocycles. The van der Waals surface area contributed by atoms with Crippen LogP contribution in [0.1, 0.15) is 37.9 Å². The lowest BCUT2D eigenvalue weighted by Crippen LogP contribution is -2.59. The van der Waals surface area contributed by atoms with Gasteiger partial charge in [0, 0.05) is 34.9 Å². The highest BCUT2D eigenvalue weighted by Gasteiger charge is 2.53. The van der Waals surface area contributed by atoms with Gasteiger partial charge in [-0.2, -0.15) is 0 Å². The van der Waals surface area contributed by atoms with Crippen LogP contribution in [0, 0.1) is 5.92 Å². The highest BCUT2D eigenvalue weighted by molar-refractivity contribution is 8.18. The van der Waals surface area contributed by atoms with Crippen molar-refractivity contribution in [3.8, 4) is 0 Å². The fourth-order valence-corrected chi connectivity index (χ4v) is 6.78. The van der Waals surface area contributed by atoms with E-state index in [2.05, 4.69) is 68.9 Å². The molecule has 0 unspecified atom stereocenters. The van der Waals surface area contributed by atoms with E-state index in [1.54, 1.807) is 0 Å². The molecule has 0 N–H and O–H groups in total. The van der Waals surface area contributed by atoms with E-state index in [9.17, 15) is 4.79 Å². The van der Waals surface area contributed by atoms with Crippen LogP contribution in [-0.2, 0) is 10.3 Å². The zero-order chi connectivity index (χ0) is 25.1. The maximum atomic E-state index is 13.6. The second-order valence-electron chi connectivity index (χ2n) is 10.2. The molecule has 0 aromatic heterocycles. The molecule has 0 saturated carbocycles. The summed E-state index contributed by atoms with van der Waals surface area (Å²) in [5.74, 6) is 0.263. The summed E-state index contributed by atoms with van der Waals surface area (Å²) in [6.45, 7) is 8.00. The van der Waals surface area contributed by atoms with Crippen molar-refractivity contribution in [3.63, 3.8) is 0 Å². The zero-order valence-corrected chi connectivity index (χ0v) is 23.0. The van der Waals surface area contributed by atoms with Gasteiger partial charge in [0.05, 0.1) is 6.04 Å². The molecule has 5 nitrogen and oxygen atoms in total. The molecule has 2 atom stereocenters. The highest BCUT2D eigenvalue weighted by Crippen LogP contribution is 2.56. The van der Waals surface area contributed by atoms with Gasteiger partial charge in [-0.3, -0.25) is 4.79 Å². The monoisotopic (exact) mass is 528 g/mol. The number of likely N-dealkylation sites (tertiary alicyclic amines) is 1. The number of thioether (sulfide) groups is 1. The molecule has 3 heterocycles. The number of benzene rings is 2. The van der Waals surface area contributed by atoms with Crippen LogP contribution in [0.3, 0.4) is 0 Å². The van der Waals surface area contributed by atoms with Crippen LogP contribution in [0.5, 0.6) is 0 Å². The minimum Gasteiger partial charge on any atom is -0.335 e. The number of carbonyl (C=O) groups excluding carboxylic acids is 1. The fraction of sp³-hybridized carbons (Fsp3) is 0.407. The lowest BCUT2D eigenvalue weighted by molar-refractivity contribution is -0.132. The van der Waals surface area contributed by atoms with Crippen LogP contribution in [0.4, 0.5) is 0 Å². The predicted octanol–water partition coefficient (Wildman–Crippen LogP) is 6.01. The van der Waals surface area contributed by atoms with Gasteiger partial charge in [0.2, 0.25) is 0 Å². The quantitative estimate of drug-likeness (QED) is 0.476. The van der Waals surface area contributed by atoms with Crippen molar-refractivity contribution in [2.75, 3.05) is 27.2 Å². The van der Waals surface area contributed by atoms with Crippen LogP contribution in [0.2, 0.25) is 10.0 Å². The third-order valence-electron chi connectivity index (χ3n) is 7.25. The third kappa shape index (κ3) is 4.18. The van der Waals surface area contributed by atoms with Gasteiger partial charge < -0.3 is 14.7 Å². The van der Waals surface area contributed by atoms with E-state index >= 15 is 0 Å². The number of likely N-dealkylation sites (N-methyl/N-ethyl adjacent to an activating group) is 1. The number of carbonyl (C=O) groups is 1. The minimum atomic E-state index is -0.553. The summed E-state index contributed by atoms with van der Waals surface area (Å²) in [5, 5.41) is 2.27. The zero-order valence-electron chi connectivity index (χ0n) is 20.6.